The van der Waals surface area contributed by atoms with Crippen molar-refractivity contribution < 1.29 is 14.6 Å². The summed E-state index contributed by atoms with van der Waals surface area (Å²) in [7, 11) is 1.58. The fourth-order valence-corrected chi connectivity index (χ4v) is 3.37. The van der Waals surface area contributed by atoms with Crippen molar-refractivity contribution in [1.29, 1.82) is 0 Å². The van der Waals surface area contributed by atoms with Crippen molar-refractivity contribution in [2.45, 2.75) is 38.0 Å². The Kier molecular flexibility index (Phi) is 5.36. The number of benzene rings is 2. The van der Waals surface area contributed by atoms with E-state index in [4.69, 9.17) is 4.74 Å². The van der Waals surface area contributed by atoms with Gasteiger partial charge in [0, 0.05) is 18.9 Å². The van der Waals surface area contributed by atoms with E-state index >= 15 is 0 Å². The molecule has 0 fully saturated rings. The predicted molar refractivity (Wildman–Crippen MR) is 97.7 cm³/mol. The van der Waals surface area contributed by atoms with Crippen LogP contribution in [0.15, 0.2) is 48.5 Å². The summed E-state index contributed by atoms with van der Waals surface area (Å²) in [6, 6.07) is 15.2. The molecule has 0 heterocycles. The topological polar surface area (TPSA) is 70.6 Å². The monoisotopic (exact) mass is 340 g/mol. The number of hydrogen-bond donors (Lipinski definition) is 3. The van der Waals surface area contributed by atoms with Gasteiger partial charge in [-0.2, -0.15) is 0 Å². The molecular weight excluding hydrogens is 316 g/mol. The number of aliphatic hydroxyl groups is 1. The lowest BCUT2D eigenvalue weighted by Crippen LogP contribution is -2.37. The van der Waals surface area contributed by atoms with Crippen LogP contribution in [-0.4, -0.2) is 30.3 Å². The number of carbonyl (C=O) groups is 1. The lowest BCUT2D eigenvalue weighted by atomic mass is 10.1. The molecule has 25 heavy (non-hydrogen) atoms. The summed E-state index contributed by atoms with van der Waals surface area (Å²) in [5, 5.41) is 16.6. The molecule has 1 aliphatic carbocycles. The lowest BCUT2D eigenvalue weighted by molar-refractivity contribution is -0.116. The number of para-hydroxylation sites is 2. The number of rotatable bonds is 6. The number of aliphatic hydroxyl groups excluding tert-OH is 1. The van der Waals surface area contributed by atoms with Crippen molar-refractivity contribution >= 4 is 11.6 Å². The van der Waals surface area contributed by atoms with Crippen LogP contribution >= 0.6 is 0 Å². The molecule has 3 atom stereocenters. The van der Waals surface area contributed by atoms with Gasteiger partial charge in [-0.1, -0.05) is 36.4 Å². The van der Waals surface area contributed by atoms with Gasteiger partial charge in [-0.3, -0.25) is 4.79 Å². The zero-order chi connectivity index (χ0) is 17.8. The SMILES string of the molecule is COc1ccccc1NC(=O)CC(C)NC1c2ccccc2CC1O. The van der Waals surface area contributed by atoms with Crippen LogP contribution in [0.4, 0.5) is 5.69 Å². The summed E-state index contributed by atoms with van der Waals surface area (Å²) >= 11 is 0. The van der Waals surface area contributed by atoms with Gasteiger partial charge in [-0.15, -0.1) is 0 Å². The summed E-state index contributed by atoms with van der Waals surface area (Å²) in [5.74, 6) is 0.543. The molecule has 2 aromatic carbocycles. The molecule has 0 saturated heterocycles. The zero-order valence-corrected chi connectivity index (χ0v) is 14.5. The van der Waals surface area contributed by atoms with E-state index in [1.807, 2.05) is 55.5 Å². The van der Waals surface area contributed by atoms with Gasteiger partial charge in [0.05, 0.1) is 24.9 Å². The highest BCUT2D eigenvalue weighted by atomic mass is 16.5. The Balaban J connectivity index is 1.59. The number of hydrogen-bond acceptors (Lipinski definition) is 4. The Morgan fingerprint density at radius 1 is 1.24 bits per heavy atom. The van der Waals surface area contributed by atoms with Crippen LogP contribution in [0.5, 0.6) is 5.75 Å². The maximum absolute atomic E-state index is 12.3. The summed E-state index contributed by atoms with van der Waals surface area (Å²) in [6.45, 7) is 1.95. The van der Waals surface area contributed by atoms with Gasteiger partial charge in [0.2, 0.25) is 5.91 Å². The molecule has 3 unspecified atom stereocenters. The van der Waals surface area contributed by atoms with Crippen LogP contribution in [0.2, 0.25) is 0 Å². The standard InChI is InChI=1S/C20H24N2O3/c1-13(11-19(24)22-16-9-5-6-10-18(16)25-2)21-20-15-8-4-3-7-14(15)12-17(20)23/h3-10,13,17,20-21,23H,11-12H2,1-2H3,(H,22,24). The fourth-order valence-electron chi connectivity index (χ4n) is 3.37. The molecule has 1 aliphatic rings. The van der Waals surface area contributed by atoms with Crippen molar-refractivity contribution in [1.82, 2.24) is 5.32 Å². The van der Waals surface area contributed by atoms with Crippen LogP contribution < -0.4 is 15.4 Å². The number of amides is 1. The quantitative estimate of drug-likeness (QED) is 0.756. The average molecular weight is 340 g/mol. The maximum atomic E-state index is 12.3. The molecule has 3 N–H and O–H groups in total. The Hall–Kier alpha value is -2.37. The molecule has 0 bridgehead atoms. The molecule has 3 rings (SSSR count). The minimum absolute atomic E-state index is 0.0690. The minimum atomic E-state index is -0.461. The summed E-state index contributed by atoms with van der Waals surface area (Å²) in [4.78, 5) is 12.3. The zero-order valence-electron chi connectivity index (χ0n) is 14.5. The van der Waals surface area contributed by atoms with Crippen molar-refractivity contribution in [3.05, 3.63) is 59.7 Å². The van der Waals surface area contributed by atoms with E-state index in [0.29, 0.717) is 24.3 Å². The van der Waals surface area contributed by atoms with Crippen molar-refractivity contribution in [3.8, 4) is 5.75 Å². The Bertz CT molecular complexity index is 747. The molecular formula is C20H24N2O3. The van der Waals surface area contributed by atoms with Crippen molar-refractivity contribution in [3.63, 3.8) is 0 Å². The maximum Gasteiger partial charge on any atom is 0.226 e. The summed E-state index contributed by atoms with van der Waals surface area (Å²) in [5.41, 5.74) is 2.94. The first kappa shape index (κ1) is 17.5. The van der Waals surface area contributed by atoms with Crippen LogP contribution in [0.1, 0.15) is 30.5 Å². The van der Waals surface area contributed by atoms with E-state index in [9.17, 15) is 9.90 Å². The molecule has 0 spiro atoms. The van der Waals surface area contributed by atoms with Crippen LogP contribution in [0.3, 0.4) is 0 Å². The van der Waals surface area contributed by atoms with Crippen molar-refractivity contribution in [2.75, 3.05) is 12.4 Å². The number of carbonyl (C=O) groups excluding carboxylic acids is 1. The first-order valence-electron chi connectivity index (χ1n) is 8.53. The van der Waals surface area contributed by atoms with Crippen LogP contribution in [0, 0.1) is 0 Å². The van der Waals surface area contributed by atoms with E-state index in [1.165, 1.54) is 0 Å². The smallest absolute Gasteiger partial charge is 0.226 e. The van der Waals surface area contributed by atoms with Crippen LogP contribution in [0.25, 0.3) is 0 Å². The third kappa shape index (κ3) is 4.00. The molecule has 0 aromatic heterocycles. The van der Waals surface area contributed by atoms with Gasteiger partial charge >= 0.3 is 0 Å². The molecule has 0 radical (unpaired) electrons. The second-order valence-corrected chi connectivity index (χ2v) is 6.47. The Labute approximate surface area is 148 Å². The minimum Gasteiger partial charge on any atom is -0.495 e. The molecule has 0 aliphatic heterocycles. The Morgan fingerprint density at radius 2 is 1.96 bits per heavy atom. The molecule has 1 amide bonds. The highest BCUT2D eigenvalue weighted by molar-refractivity contribution is 5.92. The van der Waals surface area contributed by atoms with Gasteiger partial charge in [0.25, 0.3) is 0 Å². The van der Waals surface area contributed by atoms with Gasteiger partial charge < -0.3 is 20.5 Å². The number of fused-ring (bicyclic) bond motifs is 1. The van der Waals surface area contributed by atoms with E-state index < -0.39 is 6.10 Å². The number of methoxy groups -OCH3 is 1. The first-order chi connectivity index (χ1) is 12.1. The van der Waals surface area contributed by atoms with Gasteiger partial charge in [-0.25, -0.2) is 0 Å². The second-order valence-electron chi connectivity index (χ2n) is 6.47. The average Bonchev–Trinajstić information content (AvgIpc) is 2.91. The third-order valence-electron chi connectivity index (χ3n) is 4.54. The summed E-state index contributed by atoms with van der Waals surface area (Å²) < 4.78 is 5.25. The van der Waals surface area contributed by atoms with E-state index in [1.54, 1.807) is 7.11 Å². The van der Waals surface area contributed by atoms with Gasteiger partial charge in [0.15, 0.2) is 0 Å². The molecule has 2 aromatic rings. The predicted octanol–water partition coefficient (Wildman–Crippen LogP) is 2.66. The largest absolute Gasteiger partial charge is 0.495 e. The van der Waals surface area contributed by atoms with E-state index in [2.05, 4.69) is 10.6 Å². The number of nitrogens with one attached hydrogen (secondary N) is 2. The lowest BCUT2D eigenvalue weighted by Gasteiger charge is -2.23. The van der Waals surface area contributed by atoms with E-state index in [-0.39, 0.29) is 18.0 Å². The van der Waals surface area contributed by atoms with E-state index in [0.717, 1.165) is 11.1 Å². The summed E-state index contributed by atoms with van der Waals surface area (Å²) in [6.07, 6.45) is 0.495. The molecule has 5 heteroatoms. The Morgan fingerprint density at radius 3 is 2.76 bits per heavy atom. The normalized spacial score (nSPS) is 20.0. The fraction of sp³-hybridized carbons (Fsp3) is 0.350. The van der Waals surface area contributed by atoms with Crippen molar-refractivity contribution in [2.24, 2.45) is 0 Å². The third-order valence-corrected chi connectivity index (χ3v) is 4.54. The van der Waals surface area contributed by atoms with Gasteiger partial charge in [-0.05, 0) is 30.2 Å². The number of anilines is 1. The molecule has 5 nitrogen and oxygen atoms in total. The van der Waals surface area contributed by atoms with Crippen LogP contribution in [-0.2, 0) is 11.2 Å². The second kappa shape index (κ2) is 7.68. The highest BCUT2D eigenvalue weighted by Crippen LogP contribution is 2.31. The highest BCUT2D eigenvalue weighted by Gasteiger charge is 2.31. The molecule has 0 saturated carbocycles. The molecule has 132 valence electrons. The van der Waals surface area contributed by atoms with Gasteiger partial charge in [0.1, 0.15) is 5.75 Å². The number of ether oxygens (including phenoxy) is 1. The first-order valence-corrected chi connectivity index (χ1v) is 8.53.